The molecule has 2 aromatic carbocycles. The van der Waals surface area contributed by atoms with Crippen molar-refractivity contribution >= 4 is 56.4 Å². The van der Waals surface area contributed by atoms with Crippen LogP contribution in [0.15, 0.2) is 36.4 Å². The van der Waals surface area contributed by atoms with Gasteiger partial charge in [-0.05, 0) is 55.7 Å². The minimum atomic E-state index is -3.44. The van der Waals surface area contributed by atoms with Crippen molar-refractivity contribution in [1.29, 1.82) is 0 Å². The highest BCUT2D eigenvalue weighted by Crippen LogP contribution is 2.26. The monoisotopic (exact) mass is 483 g/mol. The first-order valence-electron chi connectivity index (χ1n) is 9.67. The Morgan fingerprint density at radius 1 is 1.10 bits per heavy atom. The van der Waals surface area contributed by atoms with Crippen molar-refractivity contribution < 1.29 is 18.0 Å². The Kier molecular flexibility index (Phi) is 7.13. The second-order valence-corrected chi connectivity index (χ2v) is 10.2. The zero-order chi connectivity index (χ0) is 22.8. The lowest BCUT2D eigenvalue weighted by molar-refractivity contribution is -0.121. The molecule has 1 heterocycles. The number of anilines is 2. The molecule has 1 aliphatic heterocycles. The normalized spacial score (nSPS) is 16.6. The molecule has 7 nitrogen and oxygen atoms in total. The van der Waals surface area contributed by atoms with Crippen molar-refractivity contribution in [3.63, 3.8) is 0 Å². The number of hydrogen-bond acceptors (Lipinski definition) is 4. The molecule has 1 fully saturated rings. The van der Waals surface area contributed by atoms with Crippen molar-refractivity contribution in [3.05, 3.63) is 57.6 Å². The molecule has 0 radical (unpaired) electrons. The van der Waals surface area contributed by atoms with Gasteiger partial charge in [-0.3, -0.25) is 14.3 Å². The summed E-state index contributed by atoms with van der Waals surface area (Å²) in [7, 11) is -3.44. The van der Waals surface area contributed by atoms with E-state index in [-0.39, 0.29) is 24.3 Å². The fourth-order valence-corrected chi connectivity index (χ4v) is 4.36. The number of nitrogens with zero attached hydrogens (tertiary/aromatic N) is 1. The molecule has 2 amide bonds. The lowest BCUT2D eigenvalue weighted by Crippen LogP contribution is -2.43. The summed E-state index contributed by atoms with van der Waals surface area (Å²) in [6.07, 6.45) is 2.41. The zero-order valence-electron chi connectivity index (χ0n) is 17.1. The van der Waals surface area contributed by atoms with Crippen molar-refractivity contribution in [2.45, 2.75) is 19.8 Å². The van der Waals surface area contributed by atoms with Crippen LogP contribution in [-0.4, -0.2) is 44.5 Å². The molecule has 0 bridgehead atoms. The molecule has 10 heteroatoms. The van der Waals surface area contributed by atoms with E-state index in [1.165, 1.54) is 6.07 Å². The molecule has 31 heavy (non-hydrogen) atoms. The van der Waals surface area contributed by atoms with Gasteiger partial charge < -0.3 is 10.2 Å². The highest BCUT2D eigenvalue weighted by atomic mass is 35.5. The molecule has 2 N–H and O–H groups in total. The maximum absolute atomic E-state index is 12.8. The molecule has 0 spiro atoms. The van der Waals surface area contributed by atoms with E-state index in [9.17, 15) is 18.0 Å². The fraction of sp³-hybridized carbons (Fsp3) is 0.333. The van der Waals surface area contributed by atoms with Gasteiger partial charge in [0.15, 0.2) is 0 Å². The summed E-state index contributed by atoms with van der Waals surface area (Å²) < 4.78 is 25.5. The highest BCUT2D eigenvalue weighted by Gasteiger charge is 2.29. The van der Waals surface area contributed by atoms with E-state index < -0.39 is 10.0 Å². The number of aryl methyl sites for hydroxylation is 1. The van der Waals surface area contributed by atoms with Crippen LogP contribution in [0.2, 0.25) is 10.0 Å². The van der Waals surface area contributed by atoms with Crippen LogP contribution in [0.1, 0.15) is 28.8 Å². The maximum Gasteiger partial charge on any atom is 0.253 e. The molecule has 0 aliphatic carbocycles. The number of likely N-dealkylation sites (tertiary alicyclic amines) is 1. The fourth-order valence-electron chi connectivity index (χ4n) is 3.44. The van der Waals surface area contributed by atoms with E-state index >= 15 is 0 Å². The Morgan fingerprint density at radius 3 is 2.52 bits per heavy atom. The van der Waals surface area contributed by atoms with Gasteiger partial charge in [0.05, 0.1) is 27.9 Å². The molecule has 1 aliphatic rings. The van der Waals surface area contributed by atoms with Crippen molar-refractivity contribution in [1.82, 2.24) is 4.90 Å². The zero-order valence-corrected chi connectivity index (χ0v) is 19.4. The molecule has 0 aromatic heterocycles. The number of carbonyl (C=O) groups is 2. The molecule has 1 atom stereocenters. The van der Waals surface area contributed by atoms with Crippen molar-refractivity contribution in [2.24, 2.45) is 5.92 Å². The number of hydrogen-bond donors (Lipinski definition) is 2. The number of amides is 2. The number of piperidine rings is 1. The maximum atomic E-state index is 12.8. The van der Waals surface area contributed by atoms with Gasteiger partial charge in [-0.1, -0.05) is 29.3 Å². The Balaban J connectivity index is 1.69. The van der Waals surface area contributed by atoms with E-state index in [0.29, 0.717) is 46.4 Å². The second kappa shape index (κ2) is 9.46. The number of rotatable bonds is 5. The third-order valence-corrected chi connectivity index (χ3v) is 6.38. The first kappa shape index (κ1) is 23.4. The van der Waals surface area contributed by atoms with E-state index in [0.717, 1.165) is 11.8 Å². The summed E-state index contributed by atoms with van der Waals surface area (Å²) in [6.45, 7) is 2.60. The minimum Gasteiger partial charge on any atom is -0.338 e. The van der Waals surface area contributed by atoms with Crippen LogP contribution in [0, 0.1) is 12.8 Å². The van der Waals surface area contributed by atoms with Gasteiger partial charge in [0.1, 0.15) is 0 Å². The summed E-state index contributed by atoms with van der Waals surface area (Å²) in [4.78, 5) is 27.3. The Morgan fingerprint density at radius 2 is 1.84 bits per heavy atom. The number of carbonyl (C=O) groups excluding carboxylic acids is 2. The van der Waals surface area contributed by atoms with Crippen LogP contribution in [0.5, 0.6) is 0 Å². The predicted octanol–water partition coefficient (Wildman–Crippen LogP) is 4.16. The average Bonchev–Trinajstić information content (AvgIpc) is 2.71. The Labute approximate surface area is 191 Å². The molecular weight excluding hydrogens is 461 g/mol. The molecule has 2 aromatic rings. The summed E-state index contributed by atoms with van der Waals surface area (Å²) in [5, 5.41) is 3.51. The van der Waals surface area contributed by atoms with E-state index in [2.05, 4.69) is 10.0 Å². The standard InChI is InChI=1S/C21H23Cl2N3O4S/c1-13-5-7-16(11-19(13)25-31(2,29)30)24-20(27)15-4-3-9-26(12-15)21(28)14-6-8-17(22)18(23)10-14/h5-8,10-11,15,25H,3-4,9,12H2,1-2H3,(H,24,27). The predicted molar refractivity (Wildman–Crippen MR) is 123 cm³/mol. The molecule has 1 saturated heterocycles. The van der Waals surface area contributed by atoms with Gasteiger partial charge in [0, 0.05) is 24.3 Å². The third-order valence-electron chi connectivity index (χ3n) is 5.05. The van der Waals surface area contributed by atoms with Crippen LogP contribution < -0.4 is 10.0 Å². The number of nitrogens with one attached hydrogen (secondary N) is 2. The topological polar surface area (TPSA) is 95.6 Å². The van der Waals surface area contributed by atoms with Crippen molar-refractivity contribution in [2.75, 3.05) is 29.4 Å². The quantitative estimate of drug-likeness (QED) is 0.666. The molecule has 0 saturated carbocycles. The van der Waals surface area contributed by atoms with Crippen LogP contribution in [0.3, 0.4) is 0 Å². The largest absolute Gasteiger partial charge is 0.338 e. The lowest BCUT2D eigenvalue weighted by Gasteiger charge is -2.32. The minimum absolute atomic E-state index is 0.203. The Bertz CT molecular complexity index is 1120. The first-order valence-corrected chi connectivity index (χ1v) is 12.3. The molecule has 166 valence electrons. The van der Waals surface area contributed by atoms with Crippen molar-refractivity contribution in [3.8, 4) is 0 Å². The van der Waals surface area contributed by atoms with Gasteiger partial charge in [-0.25, -0.2) is 8.42 Å². The number of halogens is 2. The molecule has 1 unspecified atom stereocenters. The SMILES string of the molecule is Cc1ccc(NC(=O)C2CCCN(C(=O)c3ccc(Cl)c(Cl)c3)C2)cc1NS(C)(=O)=O. The Hall–Kier alpha value is -2.29. The number of sulfonamides is 1. The summed E-state index contributed by atoms with van der Waals surface area (Å²) >= 11 is 11.9. The summed E-state index contributed by atoms with van der Waals surface area (Å²) in [6, 6.07) is 9.73. The van der Waals surface area contributed by atoms with Crippen LogP contribution >= 0.6 is 23.2 Å². The van der Waals surface area contributed by atoms with E-state index in [1.807, 2.05) is 0 Å². The second-order valence-electron chi connectivity index (χ2n) is 7.61. The molecule has 3 rings (SSSR count). The first-order chi connectivity index (χ1) is 14.5. The number of benzene rings is 2. The summed E-state index contributed by atoms with van der Waals surface area (Å²) in [5.74, 6) is -0.806. The summed E-state index contributed by atoms with van der Waals surface area (Å²) in [5.41, 5.74) is 2.04. The van der Waals surface area contributed by atoms with Crippen LogP contribution in [-0.2, 0) is 14.8 Å². The van der Waals surface area contributed by atoms with Gasteiger partial charge in [0.25, 0.3) is 5.91 Å². The van der Waals surface area contributed by atoms with E-state index in [1.54, 1.807) is 42.2 Å². The smallest absolute Gasteiger partial charge is 0.253 e. The highest BCUT2D eigenvalue weighted by molar-refractivity contribution is 7.92. The van der Waals surface area contributed by atoms with Gasteiger partial charge >= 0.3 is 0 Å². The molecular formula is C21H23Cl2N3O4S. The average molecular weight is 484 g/mol. The van der Waals surface area contributed by atoms with E-state index in [4.69, 9.17) is 23.2 Å². The van der Waals surface area contributed by atoms with Gasteiger partial charge in [-0.15, -0.1) is 0 Å². The van der Waals surface area contributed by atoms with Gasteiger partial charge in [-0.2, -0.15) is 0 Å². The third kappa shape index (κ3) is 6.12. The van der Waals surface area contributed by atoms with Crippen LogP contribution in [0.25, 0.3) is 0 Å². The lowest BCUT2D eigenvalue weighted by atomic mass is 9.96. The van der Waals surface area contributed by atoms with Gasteiger partial charge in [0.2, 0.25) is 15.9 Å². The van der Waals surface area contributed by atoms with Crippen LogP contribution in [0.4, 0.5) is 11.4 Å².